The first-order chi connectivity index (χ1) is 11.6. The van der Waals surface area contributed by atoms with Crippen molar-refractivity contribution in [3.63, 3.8) is 0 Å². The molecule has 2 aromatic rings. The van der Waals surface area contributed by atoms with Gasteiger partial charge in [-0.05, 0) is 41.6 Å². The Morgan fingerprint density at radius 3 is 2.96 bits per heavy atom. The summed E-state index contributed by atoms with van der Waals surface area (Å²) in [5, 5.41) is 15.5. The second-order valence-electron chi connectivity index (χ2n) is 4.97. The molecule has 1 heterocycles. The third kappa shape index (κ3) is 7.59. The molecule has 0 saturated heterocycles. The highest BCUT2D eigenvalue weighted by Gasteiger charge is 2.06. The highest BCUT2D eigenvalue weighted by atomic mass is 79.9. The number of thioether (sulfide) groups is 1. The zero-order valence-electron chi connectivity index (χ0n) is 13.6. The van der Waals surface area contributed by atoms with Gasteiger partial charge in [0.2, 0.25) is 5.16 Å². The highest BCUT2D eigenvalue weighted by molar-refractivity contribution is 9.10. The molecule has 11 heteroatoms. The van der Waals surface area contributed by atoms with E-state index in [-0.39, 0.29) is 19.0 Å². The fourth-order valence-corrected chi connectivity index (χ4v) is 3.10. The summed E-state index contributed by atoms with van der Waals surface area (Å²) in [5.74, 6) is 1.08. The van der Waals surface area contributed by atoms with Gasteiger partial charge < -0.3 is 15.8 Å². The lowest BCUT2D eigenvalue weighted by molar-refractivity contribution is -0.119. The van der Waals surface area contributed by atoms with E-state index in [9.17, 15) is 4.79 Å². The van der Waals surface area contributed by atoms with E-state index in [1.165, 1.54) is 0 Å². The molecule has 138 valence electrons. The number of nitrogens with two attached hydrogens (primary N) is 1. The maximum Gasteiger partial charge on any atom is 0.255 e. The molecule has 1 aromatic heterocycles. The van der Waals surface area contributed by atoms with E-state index in [0.29, 0.717) is 12.3 Å². The number of tetrazole rings is 1. The molecule has 0 radical (unpaired) electrons. The van der Waals surface area contributed by atoms with Gasteiger partial charge in [-0.1, -0.05) is 27.7 Å². The quantitative estimate of drug-likeness (QED) is 0.416. The topological polar surface area (TPSA) is 108 Å². The van der Waals surface area contributed by atoms with Crippen molar-refractivity contribution in [2.75, 3.05) is 18.9 Å². The molecule has 0 aliphatic carbocycles. The Hall–Kier alpha value is -1.36. The van der Waals surface area contributed by atoms with E-state index in [1.54, 1.807) is 16.4 Å². The van der Waals surface area contributed by atoms with Gasteiger partial charge in [0.05, 0.1) is 0 Å². The molecule has 2 rings (SSSR count). The number of aryl methyl sites for hydroxylation is 1. The van der Waals surface area contributed by atoms with Crippen LogP contribution >= 0.6 is 40.1 Å². The Kier molecular flexibility index (Phi) is 9.79. The summed E-state index contributed by atoms with van der Waals surface area (Å²) in [4.78, 5) is 10.9. The number of carbonyl (C=O) groups is 1. The van der Waals surface area contributed by atoms with Gasteiger partial charge in [-0.3, -0.25) is 4.79 Å². The van der Waals surface area contributed by atoms with Crippen LogP contribution in [-0.2, 0) is 18.4 Å². The van der Waals surface area contributed by atoms with Crippen LogP contribution in [0.1, 0.15) is 12.0 Å². The van der Waals surface area contributed by atoms with E-state index in [1.807, 2.05) is 25.2 Å². The zero-order valence-corrected chi connectivity index (χ0v) is 16.9. The van der Waals surface area contributed by atoms with Gasteiger partial charge in [-0.15, -0.1) is 17.5 Å². The van der Waals surface area contributed by atoms with Crippen molar-refractivity contribution < 1.29 is 9.53 Å². The molecule has 0 fully saturated rings. The fraction of sp³-hybridized carbons (Fsp3) is 0.429. The summed E-state index contributed by atoms with van der Waals surface area (Å²) >= 11 is 5.06. The number of nitrogens with one attached hydrogen (secondary N) is 1. The summed E-state index contributed by atoms with van der Waals surface area (Å²) in [7, 11) is 1.82. The number of rotatable bonds is 10. The van der Waals surface area contributed by atoms with E-state index >= 15 is 0 Å². The van der Waals surface area contributed by atoms with Gasteiger partial charge in [0.25, 0.3) is 5.91 Å². The first-order valence-electron chi connectivity index (χ1n) is 7.31. The molecule has 0 aliphatic rings. The molecule has 0 atom stereocenters. The maximum atomic E-state index is 10.9. The molecule has 0 aliphatic heterocycles. The van der Waals surface area contributed by atoms with Gasteiger partial charge in [0.15, 0.2) is 6.61 Å². The predicted octanol–water partition coefficient (Wildman–Crippen LogP) is 1.53. The highest BCUT2D eigenvalue weighted by Crippen LogP contribution is 2.23. The van der Waals surface area contributed by atoms with Crippen molar-refractivity contribution in [1.82, 2.24) is 25.5 Å². The lowest BCUT2D eigenvalue weighted by Gasteiger charge is -2.12. The molecule has 1 amide bonds. The molecular weight excluding hydrogens is 432 g/mol. The normalized spacial score (nSPS) is 10.3. The number of hydrogen-bond acceptors (Lipinski definition) is 7. The first-order valence-corrected chi connectivity index (χ1v) is 9.09. The lowest BCUT2D eigenvalue weighted by Crippen LogP contribution is -2.21. The van der Waals surface area contributed by atoms with Crippen molar-refractivity contribution >= 4 is 46.0 Å². The summed E-state index contributed by atoms with van der Waals surface area (Å²) in [6, 6.07) is 5.65. The first kappa shape index (κ1) is 21.7. The Morgan fingerprint density at radius 2 is 2.28 bits per heavy atom. The largest absolute Gasteiger partial charge is 0.483 e. The number of aromatic nitrogens is 4. The van der Waals surface area contributed by atoms with Crippen LogP contribution in [0.4, 0.5) is 0 Å². The summed E-state index contributed by atoms with van der Waals surface area (Å²) in [5.41, 5.74) is 6.09. The van der Waals surface area contributed by atoms with Gasteiger partial charge in [-0.2, -0.15) is 0 Å². The summed E-state index contributed by atoms with van der Waals surface area (Å²) < 4.78 is 8.04. The Labute approximate surface area is 164 Å². The standard InChI is InChI=1S/C14H19BrN6O2S.ClH/c1-21-14(18-19-20-21)24-6-2-5-17-8-10-7-11(15)3-4-12(10)23-9-13(16)22;/h3-4,7,17H,2,5-6,8-9H2,1H3,(H2,16,22);1H. The third-order valence-corrected chi connectivity index (χ3v) is 4.61. The molecule has 0 unspecified atom stereocenters. The smallest absolute Gasteiger partial charge is 0.255 e. The van der Waals surface area contributed by atoms with Crippen LogP contribution in [0.5, 0.6) is 5.75 Å². The number of primary amides is 1. The van der Waals surface area contributed by atoms with E-state index in [4.69, 9.17) is 10.5 Å². The minimum atomic E-state index is -0.493. The second kappa shape index (κ2) is 11.3. The fourth-order valence-electron chi connectivity index (χ4n) is 1.90. The van der Waals surface area contributed by atoms with Crippen LogP contribution in [-0.4, -0.2) is 45.0 Å². The van der Waals surface area contributed by atoms with Gasteiger partial charge in [0, 0.05) is 29.4 Å². The summed E-state index contributed by atoms with van der Waals surface area (Å²) in [6.07, 6.45) is 0.975. The Bertz CT molecular complexity index is 687. The number of ether oxygens (including phenoxy) is 1. The average molecular weight is 452 g/mol. The molecule has 0 bridgehead atoms. The third-order valence-electron chi connectivity index (χ3n) is 3.02. The summed E-state index contributed by atoms with van der Waals surface area (Å²) in [6.45, 7) is 1.36. The lowest BCUT2D eigenvalue weighted by atomic mass is 10.2. The van der Waals surface area contributed by atoms with Crippen molar-refractivity contribution in [3.8, 4) is 5.75 Å². The van der Waals surface area contributed by atoms with E-state index < -0.39 is 5.91 Å². The molecule has 0 spiro atoms. The van der Waals surface area contributed by atoms with Crippen LogP contribution < -0.4 is 15.8 Å². The van der Waals surface area contributed by atoms with Crippen LogP contribution in [0.15, 0.2) is 27.8 Å². The van der Waals surface area contributed by atoms with Gasteiger partial charge in [-0.25, -0.2) is 4.68 Å². The molecule has 0 saturated carbocycles. The Balaban J connectivity index is 0.00000312. The van der Waals surface area contributed by atoms with E-state index in [0.717, 1.165) is 33.9 Å². The molecule has 8 nitrogen and oxygen atoms in total. The van der Waals surface area contributed by atoms with Crippen molar-refractivity contribution in [3.05, 3.63) is 28.2 Å². The van der Waals surface area contributed by atoms with E-state index in [2.05, 4.69) is 36.8 Å². The average Bonchev–Trinajstić information content (AvgIpc) is 2.95. The van der Waals surface area contributed by atoms with Crippen LogP contribution in [0.3, 0.4) is 0 Å². The maximum absolute atomic E-state index is 10.9. The van der Waals surface area contributed by atoms with Crippen molar-refractivity contribution in [1.29, 1.82) is 0 Å². The number of hydrogen-bond donors (Lipinski definition) is 2. The Morgan fingerprint density at radius 1 is 1.48 bits per heavy atom. The second-order valence-corrected chi connectivity index (χ2v) is 6.95. The number of amides is 1. The molecule has 1 aromatic carbocycles. The van der Waals surface area contributed by atoms with Crippen LogP contribution in [0.25, 0.3) is 0 Å². The number of nitrogens with zero attached hydrogens (tertiary/aromatic N) is 4. The molecule has 3 N–H and O–H groups in total. The molecule has 25 heavy (non-hydrogen) atoms. The zero-order chi connectivity index (χ0) is 17.4. The number of benzene rings is 1. The SMILES string of the molecule is Cl.Cn1nnnc1SCCCNCc1cc(Br)ccc1OCC(N)=O. The van der Waals surface area contributed by atoms with Crippen molar-refractivity contribution in [2.24, 2.45) is 12.8 Å². The number of halogens is 2. The van der Waals surface area contributed by atoms with Gasteiger partial charge >= 0.3 is 0 Å². The predicted molar refractivity (Wildman–Crippen MR) is 102 cm³/mol. The minimum Gasteiger partial charge on any atom is -0.483 e. The monoisotopic (exact) mass is 450 g/mol. The number of carbonyl (C=O) groups excluding carboxylic acids is 1. The van der Waals surface area contributed by atoms with Crippen molar-refractivity contribution in [2.45, 2.75) is 18.1 Å². The van der Waals surface area contributed by atoms with Crippen LogP contribution in [0.2, 0.25) is 0 Å². The van der Waals surface area contributed by atoms with Gasteiger partial charge in [0.1, 0.15) is 5.75 Å². The minimum absolute atomic E-state index is 0. The molecular formula is C14H20BrClN6O2S. The van der Waals surface area contributed by atoms with Crippen LogP contribution in [0, 0.1) is 0 Å².